The van der Waals surface area contributed by atoms with Gasteiger partial charge in [0.1, 0.15) is 17.7 Å². The zero-order valence-corrected chi connectivity index (χ0v) is 15.8. The summed E-state index contributed by atoms with van der Waals surface area (Å²) < 4.78 is 14.8. The zero-order chi connectivity index (χ0) is 19.6. The van der Waals surface area contributed by atoms with Crippen molar-refractivity contribution in [3.05, 3.63) is 47.8 Å². The second-order valence-electron chi connectivity index (χ2n) is 6.41. The number of carboxylic acids is 1. The van der Waals surface area contributed by atoms with Gasteiger partial charge in [0.2, 0.25) is 0 Å². The number of aromatic nitrogens is 3. The molecule has 0 spiro atoms. The van der Waals surface area contributed by atoms with E-state index in [-0.39, 0.29) is 6.10 Å². The average Bonchev–Trinajstić information content (AvgIpc) is 3.12. The fourth-order valence-electron chi connectivity index (χ4n) is 3.17. The Kier molecular flexibility index (Phi) is 5.32. The minimum Gasteiger partial charge on any atom is -0.488 e. The van der Waals surface area contributed by atoms with Crippen LogP contribution in [0.4, 0.5) is 0 Å². The summed E-state index contributed by atoms with van der Waals surface area (Å²) in [6, 6.07) is 7.90. The Morgan fingerprint density at radius 1 is 1.37 bits per heavy atom. The van der Waals surface area contributed by atoms with Crippen LogP contribution in [0, 0.1) is 6.92 Å². The summed E-state index contributed by atoms with van der Waals surface area (Å²) in [4.78, 5) is 11.0. The molecule has 0 saturated heterocycles. The molecule has 3 aromatic rings. The van der Waals surface area contributed by atoms with Crippen molar-refractivity contribution in [3.63, 3.8) is 0 Å². The monoisotopic (exact) mass is 369 g/mol. The quantitative estimate of drug-likeness (QED) is 0.647. The van der Waals surface area contributed by atoms with Gasteiger partial charge in [-0.05, 0) is 38.1 Å². The molecule has 0 aliphatic heterocycles. The molecule has 0 bridgehead atoms. The van der Waals surface area contributed by atoms with Crippen LogP contribution in [0.1, 0.15) is 18.2 Å². The van der Waals surface area contributed by atoms with Crippen LogP contribution in [0.3, 0.4) is 0 Å². The predicted molar refractivity (Wildman–Crippen MR) is 103 cm³/mol. The van der Waals surface area contributed by atoms with E-state index in [4.69, 9.17) is 14.6 Å². The fraction of sp³-hybridized carbons (Fsp3) is 0.300. The molecule has 1 aromatic carbocycles. The van der Waals surface area contributed by atoms with Crippen LogP contribution < -0.4 is 4.74 Å². The molecule has 3 rings (SSSR count). The van der Waals surface area contributed by atoms with E-state index in [9.17, 15) is 4.79 Å². The van der Waals surface area contributed by atoms with Crippen molar-refractivity contribution in [2.75, 3.05) is 13.7 Å². The molecule has 0 saturated carbocycles. The van der Waals surface area contributed by atoms with Gasteiger partial charge >= 0.3 is 5.97 Å². The summed E-state index contributed by atoms with van der Waals surface area (Å²) in [5, 5.41) is 14.5. The molecule has 2 heterocycles. The van der Waals surface area contributed by atoms with Crippen molar-refractivity contribution in [3.8, 4) is 11.6 Å². The first-order chi connectivity index (χ1) is 12.9. The number of ether oxygens (including phenoxy) is 2. The molecule has 142 valence electrons. The van der Waals surface area contributed by atoms with E-state index in [0.29, 0.717) is 6.61 Å². The Labute approximate surface area is 157 Å². The number of hydrogen-bond acceptors (Lipinski definition) is 4. The topological polar surface area (TPSA) is 78.5 Å². The van der Waals surface area contributed by atoms with E-state index in [1.54, 1.807) is 17.9 Å². The lowest BCUT2D eigenvalue weighted by Gasteiger charge is -2.14. The average molecular weight is 369 g/mol. The normalized spacial score (nSPS) is 12.7. The van der Waals surface area contributed by atoms with Crippen molar-refractivity contribution < 1.29 is 19.4 Å². The summed E-state index contributed by atoms with van der Waals surface area (Å²) in [6.07, 6.45) is 4.58. The number of rotatable bonds is 7. The van der Waals surface area contributed by atoms with Crippen LogP contribution in [0.25, 0.3) is 22.8 Å². The smallest absolute Gasteiger partial charge is 0.328 e. The molecular weight excluding hydrogens is 346 g/mol. The van der Waals surface area contributed by atoms with Crippen LogP contribution in [0.5, 0.6) is 5.75 Å². The Bertz CT molecular complexity index is 1000. The molecule has 1 atom stereocenters. The van der Waals surface area contributed by atoms with Gasteiger partial charge in [-0.25, -0.2) is 4.79 Å². The summed E-state index contributed by atoms with van der Waals surface area (Å²) in [7, 11) is 3.48. The molecular formula is C20H23N3O4. The Balaban J connectivity index is 2.08. The van der Waals surface area contributed by atoms with Crippen LogP contribution >= 0.6 is 0 Å². The number of methoxy groups -OCH3 is 1. The third-order valence-corrected chi connectivity index (χ3v) is 4.26. The van der Waals surface area contributed by atoms with Crippen LogP contribution in [0.2, 0.25) is 0 Å². The van der Waals surface area contributed by atoms with Crippen molar-refractivity contribution >= 4 is 22.9 Å². The molecule has 0 amide bonds. The van der Waals surface area contributed by atoms with Crippen LogP contribution in [0.15, 0.2) is 36.5 Å². The lowest BCUT2D eigenvalue weighted by Crippen LogP contribution is -2.17. The SMILES string of the molecule is COCC(C)Oc1ccc2ccn(-c3c(C=CC(=O)O)c(C)nn3C)c2c1. The predicted octanol–water partition coefficient (Wildman–Crippen LogP) is 3.18. The number of aliphatic carboxylic acids is 1. The second-order valence-corrected chi connectivity index (χ2v) is 6.41. The first kappa shape index (κ1) is 18.7. The highest BCUT2D eigenvalue weighted by atomic mass is 16.5. The highest BCUT2D eigenvalue weighted by Crippen LogP contribution is 2.28. The number of hydrogen-bond donors (Lipinski definition) is 1. The highest BCUT2D eigenvalue weighted by Gasteiger charge is 2.16. The first-order valence-corrected chi connectivity index (χ1v) is 8.62. The second kappa shape index (κ2) is 7.67. The fourth-order valence-corrected chi connectivity index (χ4v) is 3.17. The van der Waals surface area contributed by atoms with Gasteiger partial charge < -0.3 is 19.1 Å². The summed E-state index contributed by atoms with van der Waals surface area (Å²) in [5.41, 5.74) is 2.47. The molecule has 2 aromatic heterocycles. The molecule has 7 nitrogen and oxygen atoms in total. The number of fused-ring (bicyclic) bond motifs is 1. The van der Waals surface area contributed by atoms with Gasteiger partial charge in [0.05, 0.1) is 17.8 Å². The summed E-state index contributed by atoms with van der Waals surface area (Å²) in [5.74, 6) is 0.542. The molecule has 0 aliphatic carbocycles. The van der Waals surface area contributed by atoms with E-state index in [2.05, 4.69) is 5.10 Å². The highest BCUT2D eigenvalue weighted by molar-refractivity contribution is 5.87. The standard InChI is InChI=1S/C20H23N3O4/c1-13(12-26-4)27-16-6-5-15-9-10-23(18(15)11-16)20-17(7-8-19(24)25)14(2)21-22(20)3/h5-11,13H,12H2,1-4H3,(H,24,25). The minimum absolute atomic E-state index is 0.0659. The molecule has 7 heteroatoms. The van der Waals surface area contributed by atoms with E-state index in [0.717, 1.165) is 39.8 Å². The van der Waals surface area contributed by atoms with Gasteiger partial charge in [-0.3, -0.25) is 4.68 Å². The van der Waals surface area contributed by atoms with Crippen LogP contribution in [-0.4, -0.2) is 45.2 Å². The van der Waals surface area contributed by atoms with Gasteiger partial charge in [0, 0.05) is 43.4 Å². The van der Waals surface area contributed by atoms with Crippen molar-refractivity contribution in [1.82, 2.24) is 14.3 Å². The largest absolute Gasteiger partial charge is 0.488 e. The van der Waals surface area contributed by atoms with E-state index < -0.39 is 5.97 Å². The summed E-state index contributed by atoms with van der Waals surface area (Å²) >= 11 is 0. The lowest BCUT2D eigenvalue weighted by molar-refractivity contribution is -0.131. The summed E-state index contributed by atoms with van der Waals surface area (Å²) in [6.45, 7) is 4.31. The maximum absolute atomic E-state index is 11.0. The zero-order valence-electron chi connectivity index (χ0n) is 15.8. The van der Waals surface area contributed by atoms with Crippen LogP contribution in [-0.2, 0) is 16.6 Å². The lowest BCUT2D eigenvalue weighted by atomic mass is 10.2. The Hall–Kier alpha value is -3.06. The number of benzene rings is 1. The number of nitrogens with zero attached hydrogens (tertiary/aromatic N) is 3. The maximum Gasteiger partial charge on any atom is 0.328 e. The molecule has 0 fully saturated rings. The van der Waals surface area contributed by atoms with E-state index in [1.165, 1.54) is 0 Å². The van der Waals surface area contributed by atoms with Gasteiger partial charge in [0.25, 0.3) is 0 Å². The molecule has 0 aliphatic rings. The number of carbonyl (C=O) groups is 1. The number of carboxylic acid groups (broad SMARTS) is 1. The Morgan fingerprint density at radius 2 is 2.15 bits per heavy atom. The van der Waals surface area contributed by atoms with Gasteiger partial charge in [-0.15, -0.1) is 0 Å². The van der Waals surface area contributed by atoms with Crippen molar-refractivity contribution in [1.29, 1.82) is 0 Å². The van der Waals surface area contributed by atoms with E-state index >= 15 is 0 Å². The third kappa shape index (κ3) is 3.88. The van der Waals surface area contributed by atoms with Crippen molar-refractivity contribution in [2.24, 2.45) is 7.05 Å². The minimum atomic E-state index is -0.996. The maximum atomic E-state index is 11.0. The Morgan fingerprint density at radius 3 is 2.85 bits per heavy atom. The van der Waals surface area contributed by atoms with Crippen molar-refractivity contribution in [2.45, 2.75) is 20.0 Å². The van der Waals surface area contributed by atoms with Gasteiger partial charge in [-0.2, -0.15) is 5.10 Å². The van der Waals surface area contributed by atoms with E-state index in [1.807, 2.05) is 55.9 Å². The van der Waals surface area contributed by atoms with Gasteiger partial charge in [-0.1, -0.05) is 0 Å². The number of aryl methyl sites for hydroxylation is 2. The molecule has 0 radical (unpaired) electrons. The molecule has 1 N–H and O–H groups in total. The third-order valence-electron chi connectivity index (χ3n) is 4.26. The first-order valence-electron chi connectivity index (χ1n) is 8.62. The van der Waals surface area contributed by atoms with Gasteiger partial charge in [0.15, 0.2) is 0 Å². The molecule has 1 unspecified atom stereocenters. The molecule has 27 heavy (non-hydrogen) atoms.